The Kier molecular flexibility index (Phi) is 4.15. The summed E-state index contributed by atoms with van der Waals surface area (Å²) >= 11 is 0. The average Bonchev–Trinajstić information content (AvgIpc) is 1.91. The van der Waals surface area contributed by atoms with Gasteiger partial charge in [-0.15, -0.1) is 0 Å². The lowest BCUT2D eigenvalue weighted by molar-refractivity contribution is -0.110. The largest absolute Gasteiger partial charge is 0.476 e. The molecule has 0 rings (SSSR count). The first-order chi connectivity index (χ1) is 4.35. The predicted molar refractivity (Wildman–Crippen MR) is 31.4 cm³/mol. The van der Waals surface area contributed by atoms with Crippen LogP contribution in [-0.4, -0.2) is 12.9 Å². The number of allylic oxidation sites excluding steroid dienone is 2. The predicted octanol–water partition coefficient (Wildman–Crippen LogP) is 0.629. The summed E-state index contributed by atoms with van der Waals surface area (Å²) < 4.78 is 4.62. The highest BCUT2D eigenvalue weighted by atomic mass is 16.5. The lowest BCUT2D eigenvalue weighted by Crippen LogP contribution is -1.92. The van der Waals surface area contributed by atoms with Crippen molar-refractivity contribution in [3.63, 3.8) is 0 Å². The lowest BCUT2D eigenvalue weighted by Gasteiger charge is -1.94. The zero-order chi connectivity index (χ0) is 7.11. The van der Waals surface area contributed by atoms with E-state index < -0.39 is 0 Å². The van der Waals surface area contributed by atoms with Crippen LogP contribution in [0.5, 0.6) is 0 Å². The number of ether oxygens (including phenoxy) is 1. The highest BCUT2D eigenvalue weighted by Crippen LogP contribution is 1.91. The molecule has 0 aromatic carbocycles. The molecule has 9 heavy (non-hydrogen) atoms. The number of carbonyl (C=O) groups is 1. The van der Waals surface area contributed by atoms with Crippen molar-refractivity contribution in [2.24, 2.45) is 0 Å². The Morgan fingerprint density at radius 3 is 2.89 bits per heavy atom. The van der Waals surface area contributed by atoms with E-state index in [1.54, 1.807) is 13.0 Å². The smallest absolute Gasteiger partial charge is 0.193 e. The van der Waals surface area contributed by atoms with E-state index >= 15 is 0 Å². The Balaban J connectivity index is 3.61. The van der Waals surface area contributed by atoms with Crippen LogP contribution in [0.3, 0.4) is 0 Å². The van der Waals surface area contributed by atoms with Crippen molar-refractivity contribution < 1.29 is 9.53 Å². The van der Waals surface area contributed by atoms with Crippen LogP contribution in [-0.2, 0) is 9.53 Å². The molecule has 0 bridgehead atoms. The summed E-state index contributed by atoms with van der Waals surface area (Å²) in [7, 11) is 0. The normalized spacial score (nSPS) is 10.0. The second-order valence-corrected chi connectivity index (χ2v) is 1.24. The Labute approximate surface area is 53.5 Å². The minimum absolute atomic E-state index is 0.0484. The van der Waals surface area contributed by atoms with Gasteiger partial charge in [0.2, 0.25) is 0 Å². The van der Waals surface area contributed by atoms with Crippen molar-refractivity contribution in [1.29, 1.82) is 5.26 Å². The van der Waals surface area contributed by atoms with E-state index in [1.807, 2.05) is 0 Å². The molecule has 3 heteroatoms. The minimum atomic E-state index is -0.0484. The molecule has 48 valence electrons. The summed E-state index contributed by atoms with van der Waals surface area (Å²) in [4.78, 5) is 9.68. The molecule has 0 spiro atoms. The quantitative estimate of drug-likeness (QED) is 0.316. The molecule has 0 N–H and O–H groups in total. The summed E-state index contributed by atoms with van der Waals surface area (Å²) in [5.41, 5.74) is 0. The van der Waals surface area contributed by atoms with Gasteiger partial charge >= 0.3 is 0 Å². The molecule has 0 unspecified atom stereocenters. The SMILES string of the molecule is C/C=C(/C#N)OCC=O. The first-order valence-electron chi connectivity index (χ1n) is 2.48. The van der Waals surface area contributed by atoms with Crippen LogP contribution in [0.15, 0.2) is 11.8 Å². The number of carbonyl (C=O) groups excluding carboxylic acids is 1. The molecule has 0 aromatic rings. The monoisotopic (exact) mass is 125 g/mol. The lowest BCUT2D eigenvalue weighted by atomic mass is 10.5. The number of hydrogen-bond donors (Lipinski definition) is 0. The number of hydrogen-bond acceptors (Lipinski definition) is 3. The van der Waals surface area contributed by atoms with E-state index in [9.17, 15) is 4.79 Å². The van der Waals surface area contributed by atoms with Gasteiger partial charge in [0.25, 0.3) is 0 Å². The van der Waals surface area contributed by atoms with E-state index in [2.05, 4.69) is 4.74 Å². The fourth-order valence-electron chi connectivity index (χ4n) is 0.304. The molecule has 0 saturated heterocycles. The van der Waals surface area contributed by atoms with Crippen molar-refractivity contribution in [2.75, 3.05) is 6.61 Å². The third-order valence-electron chi connectivity index (χ3n) is 0.679. The molecule has 0 amide bonds. The van der Waals surface area contributed by atoms with Gasteiger partial charge in [-0.05, 0) is 13.0 Å². The van der Waals surface area contributed by atoms with Gasteiger partial charge in [-0.3, -0.25) is 4.79 Å². The molecule has 0 atom stereocenters. The van der Waals surface area contributed by atoms with Crippen LogP contribution in [0.25, 0.3) is 0 Å². The van der Waals surface area contributed by atoms with Crippen LogP contribution in [0.1, 0.15) is 6.92 Å². The number of aldehydes is 1. The summed E-state index contributed by atoms with van der Waals surface area (Å²) in [6.07, 6.45) is 2.10. The van der Waals surface area contributed by atoms with Crippen LogP contribution in [0.2, 0.25) is 0 Å². The van der Waals surface area contributed by atoms with Crippen LogP contribution in [0.4, 0.5) is 0 Å². The second kappa shape index (κ2) is 4.85. The van der Waals surface area contributed by atoms with Gasteiger partial charge in [0.15, 0.2) is 12.0 Å². The fraction of sp³-hybridized carbons (Fsp3) is 0.333. The zero-order valence-corrected chi connectivity index (χ0v) is 5.13. The molecule has 0 aliphatic carbocycles. The van der Waals surface area contributed by atoms with Crippen molar-refractivity contribution in [1.82, 2.24) is 0 Å². The molecular weight excluding hydrogens is 118 g/mol. The summed E-state index contributed by atoms with van der Waals surface area (Å²) in [5.74, 6) is 0.183. The van der Waals surface area contributed by atoms with E-state index in [0.717, 1.165) is 0 Å². The van der Waals surface area contributed by atoms with Gasteiger partial charge in [0.05, 0.1) is 0 Å². The van der Waals surface area contributed by atoms with Gasteiger partial charge in [-0.1, -0.05) is 0 Å². The molecule has 3 nitrogen and oxygen atoms in total. The average molecular weight is 125 g/mol. The molecular formula is C6H7NO2. The maximum Gasteiger partial charge on any atom is 0.193 e. The van der Waals surface area contributed by atoms with Gasteiger partial charge < -0.3 is 4.74 Å². The molecule has 0 heterocycles. The third-order valence-corrected chi connectivity index (χ3v) is 0.679. The van der Waals surface area contributed by atoms with E-state index in [1.165, 1.54) is 6.08 Å². The number of nitriles is 1. The van der Waals surface area contributed by atoms with Crippen LogP contribution in [0, 0.1) is 11.3 Å². The second-order valence-electron chi connectivity index (χ2n) is 1.24. The zero-order valence-electron chi connectivity index (χ0n) is 5.13. The third kappa shape index (κ3) is 3.30. The molecule has 0 saturated carbocycles. The molecule has 0 radical (unpaired) electrons. The Morgan fingerprint density at radius 2 is 2.56 bits per heavy atom. The summed E-state index contributed by atoms with van der Waals surface area (Å²) in [6.45, 7) is 1.62. The highest BCUT2D eigenvalue weighted by molar-refractivity contribution is 5.51. The van der Waals surface area contributed by atoms with Gasteiger partial charge in [-0.2, -0.15) is 5.26 Å². The molecule has 0 aromatic heterocycles. The summed E-state index contributed by atoms with van der Waals surface area (Å²) in [6, 6.07) is 1.77. The van der Waals surface area contributed by atoms with Crippen molar-refractivity contribution in [2.45, 2.75) is 6.92 Å². The highest BCUT2D eigenvalue weighted by Gasteiger charge is 1.89. The maximum atomic E-state index is 9.68. The number of nitrogens with zero attached hydrogens (tertiary/aromatic N) is 1. The Morgan fingerprint density at radius 1 is 1.89 bits per heavy atom. The molecule has 0 aliphatic rings. The maximum absolute atomic E-state index is 9.68. The topological polar surface area (TPSA) is 50.1 Å². The van der Waals surface area contributed by atoms with Gasteiger partial charge in [0.1, 0.15) is 12.7 Å². The van der Waals surface area contributed by atoms with Gasteiger partial charge in [-0.25, -0.2) is 0 Å². The van der Waals surface area contributed by atoms with E-state index in [0.29, 0.717) is 6.29 Å². The van der Waals surface area contributed by atoms with Crippen molar-refractivity contribution in [3.05, 3.63) is 11.8 Å². The van der Waals surface area contributed by atoms with Crippen molar-refractivity contribution in [3.8, 4) is 6.07 Å². The first-order valence-corrected chi connectivity index (χ1v) is 2.48. The fourth-order valence-corrected chi connectivity index (χ4v) is 0.304. The van der Waals surface area contributed by atoms with E-state index in [-0.39, 0.29) is 12.4 Å². The standard InChI is InChI=1S/C6H7NO2/c1-2-6(5-7)9-4-3-8/h2-3H,4H2,1H3/b6-2-. The molecule has 0 aliphatic heterocycles. The first kappa shape index (κ1) is 7.70. The Hall–Kier alpha value is -1.30. The van der Waals surface area contributed by atoms with Crippen molar-refractivity contribution >= 4 is 6.29 Å². The number of rotatable bonds is 3. The minimum Gasteiger partial charge on any atom is -0.476 e. The van der Waals surface area contributed by atoms with Crippen LogP contribution >= 0.6 is 0 Å². The van der Waals surface area contributed by atoms with E-state index in [4.69, 9.17) is 5.26 Å². The molecule has 0 fully saturated rings. The summed E-state index contributed by atoms with van der Waals surface area (Å²) in [5, 5.41) is 8.19. The Bertz CT molecular complexity index is 155. The van der Waals surface area contributed by atoms with Crippen LogP contribution < -0.4 is 0 Å². The van der Waals surface area contributed by atoms with Gasteiger partial charge in [0, 0.05) is 0 Å².